The molecule has 7 heteroatoms. The van der Waals surface area contributed by atoms with Crippen molar-refractivity contribution < 1.29 is 33.4 Å². The topological polar surface area (TPSA) is 91.7 Å². The molecule has 0 heterocycles. The van der Waals surface area contributed by atoms with Gasteiger partial charge in [-0.2, -0.15) is 8.78 Å². The Hall–Kier alpha value is -1.37. The lowest BCUT2D eigenvalue weighted by Gasteiger charge is -2.23. The number of carbonyl (C=O) groups is 3. The number of unbranched alkanes of at least 4 members (excludes halogenated alkanes) is 3. The maximum Gasteiger partial charge on any atom is 0.305 e. The van der Waals surface area contributed by atoms with E-state index in [9.17, 15) is 28.3 Å². The first-order chi connectivity index (χ1) is 13.1. The van der Waals surface area contributed by atoms with E-state index in [0.717, 1.165) is 19.3 Å². The molecule has 0 aliphatic heterocycles. The maximum atomic E-state index is 14.1. The van der Waals surface area contributed by atoms with Crippen LogP contribution < -0.4 is 0 Å². The third kappa shape index (κ3) is 7.94. The highest BCUT2D eigenvalue weighted by Crippen LogP contribution is 2.37. The summed E-state index contributed by atoms with van der Waals surface area (Å²) < 4.78 is 28.1. The van der Waals surface area contributed by atoms with Crippen LogP contribution in [0.5, 0.6) is 0 Å². The van der Waals surface area contributed by atoms with Crippen LogP contribution in [-0.2, 0) is 14.4 Å². The van der Waals surface area contributed by atoms with Gasteiger partial charge in [-0.15, -0.1) is 0 Å². The normalized spacial score (nSPS) is 23.8. The number of ketones is 2. The first-order valence-corrected chi connectivity index (χ1v) is 10.4. The van der Waals surface area contributed by atoms with Crippen LogP contribution in [0.15, 0.2) is 0 Å². The number of Topliss-reactive ketones (excluding diaryl/α,β-unsaturated/α-hetero) is 2. The molecule has 0 aromatic heterocycles. The smallest absolute Gasteiger partial charge is 0.305 e. The van der Waals surface area contributed by atoms with Gasteiger partial charge in [-0.3, -0.25) is 14.4 Å². The van der Waals surface area contributed by atoms with Gasteiger partial charge < -0.3 is 10.2 Å². The number of carboxylic acids is 1. The van der Waals surface area contributed by atoms with E-state index in [4.69, 9.17) is 5.11 Å². The Labute approximate surface area is 165 Å². The van der Waals surface area contributed by atoms with E-state index in [-0.39, 0.29) is 37.4 Å². The lowest BCUT2D eigenvalue weighted by Crippen LogP contribution is -2.32. The molecule has 1 aliphatic rings. The van der Waals surface area contributed by atoms with Crippen LogP contribution in [-0.4, -0.2) is 39.8 Å². The van der Waals surface area contributed by atoms with Gasteiger partial charge in [0.1, 0.15) is 5.78 Å². The molecule has 4 atom stereocenters. The average Bonchev–Trinajstić information content (AvgIpc) is 2.87. The highest BCUT2D eigenvalue weighted by Gasteiger charge is 2.43. The lowest BCUT2D eigenvalue weighted by molar-refractivity contribution is -0.146. The van der Waals surface area contributed by atoms with E-state index in [0.29, 0.717) is 19.3 Å². The lowest BCUT2D eigenvalue weighted by atomic mass is 9.84. The second-order valence-electron chi connectivity index (χ2n) is 8.24. The average molecular weight is 404 g/mol. The number of halogens is 2. The molecule has 0 unspecified atom stereocenters. The molecule has 0 radical (unpaired) electrons. The summed E-state index contributed by atoms with van der Waals surface area (Å²) in [5.74, 6) is -6.45. The first kappa shape index (κ1) is 24.7. The van der Waals surface area contributed by atoms with Gasteiger partial charge in [0, 0.05) is 31.6 Å². The molecule has 0 bridgehead atoms. The summed E-state index contributed by atoms with van der Waals surface area (Å²) in [6.45, 7) is 3.49. The van der Waals surface area contributed by atoms with E-state index in [1.807, 2.05) is 0 Å². The van der Waals surface area contributed by atoms with Crippen LogP contribution in [0.2, 0.25) is 0 Å². The Morgan fingerprint density at radius 1 is 1.14 bits per heavy atom. The fourth-order valence-electron chi connectivity index (χ4n) is 3.95. The van der Waals surface area contributed by atoms with Gasteiger partial charge in [0.25, 0.3) is 0 Å². The molecule has 1 aliphatic carbocycles. The van der Waals surface area contributed by atoms with Crippen LogP contribution in [0.25, 0.3) is 0 Å². The van der Waals surface area contributed by atoms with Crippen molar-refractivity contribution in [2.24, 2.45) is 17.8 Å². The van der Waals surface area contributed by atoms with Crippen molar-refractivity contribution in [3.05, 3.63) is 0 Å². The van der Waals surface area contributed by atoms with Gasteiger partial charge in [0.2, 0.25) is 5.78 Å². The van der Waals surface area contributed by atoms with Crippen LogP contribution in [0.1, 0.15) is 84.5 Å². The Morgan fingerprint density at radius 2 is 1.79 bits per heavy atom. The predicted molar refractivity (Wildman–Crippen MR) is 101 cm³/mol. The molecule has 28 heavy (non-hydrogen) atoms. The standard InChI is InChI=1S/C21H34F2O5/c1-3-14(2)13-21(22,23)19(26)11-10-16-15(17(24)12-18(16)25)8-6-4-5-7-9-20(27)28/h14-16,18,25H,3-13H2,1-2H3,(H,27,28)/t14-,15-,16-,18-/m1/s1. The SMILES string of the molecule is CC[C@@H](C)CC(F)(F)C(=O)CC[C@H]1[C@H](O)CC(=O)[C@@H]1CCCCCCC(=O)O. The quantitative estimate of drug-likeness (QED) is 0.419. The molecule has 5 nitrogen and oxygen atoms in total. The monoisotopic (exact) mass is 404 g/mol. The molecule has 0 aromatic carbocycles. The summed E-state index contributed by atoms with van der Waals surface area (Å²) in [5.41, 5.74) is 0. The van der Waals surface area contributed by atoms with Gasteiger partial charge in [-0.25, -0.2) is 0 Å². The van der Waals surface area contributed by atoms with Crippen LogP contribution in [0.4, 0.5) is 8.78 Å². The number of hydrogen-bond donors (Lipinski definition) is 2. The van der Waals surface area contributed by atoms with Crippen molar-refractivity contribution in [2.45, 2.75) is 96.5 Å². The van der Waals surface area contributed by atoms with Gasteiger partial charge in [0.05, 0.1) is 6.10 Å². The van der Waals surface area contributed by atoms with Gasteiger partial charge in [-0.05, 0) is 31.1 Å². The summed E-state index contributed by atoms with van der Waals surface area (Å²) >= 11 is 0. The van der Waals surface area contributed by atoms with E-state index < -0.39 is 42.0 Å². The van der Waals surface area contributed by atoms with Crippen molar-refractivity contribution in [1.29, 1.82) is 0 Å². The van der Waals surface area contributed by atoms with Crippen LogP contribution in [0.3, 0.4) is 0 Å². The molecule has 2 N–H and O–H groups in total. The Kier molecular flexibility index (Phi) is 10.2. The maximum absolute atomic E-state index is 14.1. The first-order valence-electron chi connectivity index (χ1n) is 10.4. The fourth-order valence-corrected chi connectivity index (χ4v) is 3.95. The number of aliphatic hydroxyl groups is 1. The molecule has 1 saturated carbocycles. The van der Waals surface area contributed by atoms with E-state index in [2.05, 4.69) is 0 Å². The van der Waals surface area contributed by atoms with Crippen molar-refractivity contribution in [3.63, 3.8) is 0 Å². The zero-order valence-corrected chi connectivity index (χ0v) is 17.0. The van der Waals surface area contributed by atoms with Crippen molar-refractivity contribution in [1.82, 2.24) is 0 Å². The molecular formula is C21H34F2O5. The predicted octanol–water partition coefficient (Wildman–Crippen LogP) is 4.40. The summed E-state index contributed by atoms with van der Waals surface area (Å²) in [6.07, 6.45) is 2.54. The summed E-state index contributed by atoms with van der Waals surface area (Å²) in [7, 11) is 0. The zero-order chi connectivity index (χ0) is 21.3. The second-order valence-corrected chi connectivity index (χ2v) is 8.24. The van der Waals surface area contributed by atoms with E-state index in [1.165, 1.54) is 0 Å². The highest BCUT2D eigenvalue weighted by atomic mass is 19.3. The molecule has 0 aromatic rings. The Bertz CT molecular complexity index is 535. The summed E-state index contributed by atoms with van der Waals surface area (Å²) in [5, 5.41) is 18.8. The minimum absolute atomic E-state index is 0.0196. The third-order valence-electron chi connectivity index (χ3n) is 5.91. The fraction of sp³-hybridized carbons (Fsp3) is 0.857. The van der Waals surface area contributed by atoms with Crippen LogP contribution in [0, 0.1) is 17.8 Å². The number of carboxylic acid groups (broad SMARTS) is 1. The number of aliphatic carboxylic acids is 1. The number of hydrogen-bond acceptors (Lipinski definition) is 4. The van der Waals surface area contributed by atoms with Crippen molar-refractivity contribution in [3.8, 4) is 0 Å². The summed E-state index contributed by atoms with van der Waals surface area (Å²) in [6, 6.07) is 0. The summed E-state index contributed by atoms with van der Waals surface area (Å²) in [4.78, 5) is 34.6. The number of alkyl halides is 2. The number of rotatable bonds is 14. The molecule has 1 rings (SSSR count). The molecular weight excluding hydrogens is 370 g/mol. The number of carbonyl (C=O) groups excluding carboxylic acids is 2. The Morgan fingerprint density at radius 3 is 2.39 bits per heavy atom. The molecule has 0 spiro atoms. The van der Waals surface area contributed by atoms with E-state index >= 15 is 0 Å². The Balaban J connectivity index is 2.49. The molecule has 162 valence electrons. The molecule has 1 fully saturated rings. The second kappa shape index (κ2) is 11.6. The highest BCUT2D eigenvalue weighted by molar-refractivity contribution is 5.86. The number of aliphatic hydroxyl groups excluding tert-OH is 1. The van der Waals surface area contributed by atoms with Gasteiger partial charge >= 0.3 is 11.9 Å². The molecule has 0 amide bonds. The third-order valence-corrected chi connectivity index (χ3v) is 5.91. The van der Waals surface area contributed by atoms with E-state index in [1.54, 1.807) is 13.8 Å². The van der Waals surface area contributed by atoms with Gasteiger partial charge in [-0.1, -0.05) is 39.5 Å². The van der Waals surface area contributed by atoms with Gasteiger partial charge in [0.15, 0.2) is 0 Å². The molecule has 0 saturated heterocycles. The largest absolute Gasteiger partial charge is 0.481 e. The zero-order valence-electron chi connectivity index (χ0n) is 17.0. The minimum Gasteiger partial charge on any atom is -0.481 e. The van der Waals surface area contributed by atoms with Crippen LogP contribution >= 0.6 is 0 Å². The van der Waals surface area contributed by atoms with Crippen molar-refractivity contribution >= 4 is 17.5 Å². The minimum atomic E-state index is -3.36. The van der Waals surface area contributed by atoms with Crippen molar-refractivity contribution in [2.75, 3.05) is 0 Å².